The van der Waals surface area contributed by atoms with E-state index in [4.69, 9.17) is 4.84 Å². The first-order valence-corrected chi connectivity index (χ1v) is 9.18. The van der Waals surface area contributed by atoms with Crippen molar-refractivity contribution in [2.45, 2.75) is 20.0 Å². The third-order valence-corrected chi connectivity index (χ3v) is 4.55. The predicted molar refractivity (Wildman–Crippen MR) is 105 cm³/mol. The molecule has 0 saturated heterocycles. The van der Waals surface area contributed by atoms with Crippen molar-refractivity contribution < 1.29 is 9.63 Å². The van der Waals surface area contributed by atoms with Crippen molar-refractivity contribution in [1.29, 1.82) is 0 Å². The summed E-state index contributed by atoms with van der Waals surface area (Å²) in [5.74, 6) is -0.0333. The topological polar surface area (TPSA) is 72.6 Å². The molecule has 1 amide bonds. The number of amides is 1. The van der Waals surface area contributed by atoms with Crippen LogP contribution in [-0.4, -0.2) is 44.4 Å². The maximum Gasteiger partial charge on any atom is 0.257 e. The van der Waals surface area contributed by atoms with Gasteiger partial charge in [-0.15, -0.1) is 0 Å². The number of fused-ring (bicyclic) bond motifs is 1. The Hall–Kier alpha value is -3.48. The second kappa shape index (κ2) is 8.04. The highest BCUT2D eigenvalue weighted by Crippen LogP contribution is 2.19. The molecule has 1 aliphatic rings. The molecule has 0 atom stereocenters. The molecular weight excluding hydrogens is 354 g/mol. The van der Waals surface area contributed by atoms with E-state index in [0.717, 1.165) is 22.7 Å². The minimum atomic E-state index is -0.0333. The summed E-state index contributed by atoms with van der Waals surface area (Å²) in [7, 11) is 0. The second-order valence-electron chi connectivity index (χ2n) is 6.71. The quantitative estimate of drug-likeness (QED) is 0.491. The smallest absolute Gasteiger partial charge is 0.257 e. The number of hydrogen-bond donors (Lipinski definition) is 0. The van der Waals surface area contributed by atoms with Crippen LogP contribution in [0.25, 0.3) is 5.69 Å². The Bertz CT molecular complexity index is 983. The summed E-state index contributed by atoms with van der Waals surface area (Å²) < 4.78 is 1.71. The van der Waals surface area contributed by atoms with Gasteiger partial charge in [-0.1, -0.05) is 35.5 Å². The molecule has 0 bridgehead atoms. The minimum absolute atomic E-state index is 0.0333. The first-order valence-electron chi connectivity index (χ1n) is 9.18. The number of oxime groups is 1. The van der Waals surface area contributed by atoms with Gasteiger partial charge in [0, 0.05) is 25.4 Å². The van der Waals surface area contributed by atoms with Gasteiger partial charge in [0.2, 0.25) is 0 Å². The normalized spacial score (nSPS) is 14.1. The van der Waals surface area contributed by atoms with Crippen LogP contribution in [0.3, 0.4) is 0 Å². The Morgan fingerprint density at radius 3 is 2.86 bits per heavy atom. The Labute approximate surface area is 163 Å². The van der Waals surface area contributed by atoms with E-state index >= 15 is 0 Å². The molecule has 0 N–H and O–H groups in total. The number of nitrogens with zero attached hydrogens (tertiary/aromatic N) is 5. The highest BCUT2D eigenvalue weighted by atomic mass is 16.6. The maximum absolute atomic E-state index is 12.9. The lowest BCUT2D eigenvalue weighted by Crippen LogP contribution is -2.40. The summed E-state index contributed by atoms with van der Waals surface area (Å²) in [4.78, 5) is 24.2. The second-order valence-corrected chi connectivity index (χ2v) is 6.71. The van der Waals surface area contributed by atoms with Gasteiger partial charge in [-0.05, 0) is 24.6 Å². The van der Waals surface area contributed by atoms with Crippen molar-refractivity contribution >= 4 is 11.6 Å². The standard InChI is InChI=1S/C21H21N5O2/c1-16(24-28-15-17-6-3-2-4-7-17)13-25-11-9-20-19(21(25)27)14-26(23-20)18-8-5-10-22-12-18/h2-8,10,12,14H,9,11,13,15H2,1H3/b24-16+. The van der Waals surface area contributed by atoms with Crippen LogP contribution >= 0.6 is 0 Å². The predicted octanol–water partition coefficient (Wildman–Crippen LogP) is 2.86. The van der Waals surface area contributed by atoms with Crippen LogP contribution in [0.4, 0.5) is 0 Å². The molecule has 0 spiro atoms. The van der Waals surface area contributed by atoms with Gasteiger partial charge < -0.3 is 9.74 Å². The first-order chi connectivity index (χ1) is 13.7. The lowest BCUT2D eigenvalue weighted by atomic mass is 10.1. The highest BCUT2D eigenvalue weighted by molar-refractivity contribution is 5.98. The van der Waals surface area contributed by atoms with Crippen molar-refractivity contribution in [3.8, 4) is 5.69 Å². The maximum atomic E-state index is 12.9. The fourth-order valence-corrected chi connectivity index (χ4v) is 3.15. The van der Waals surface area contributed by atoms with Gasteiger partial charge in [0.25, 0.3) is 5.91 Å². The third-order valence-electron chi connectivity index (χ3n) is 4.55. The fraction of sp³-hybridized carbons (Fsp3) is 0.238. The molecular formula is C21H21N5O2. The van der Waals surface area contributed by atoms with E-state index in [9.17, 15) is 4.79 Å². The fourth-order valence-electron chi connectivity index (χ4n) is 3.15. The molecule has 2 aromatic heterocycles. The Kier molecular flexibility index (Phi) is 5.14. The SMILES string of the molecule is C/C(CN1CCc2nn(-c3cccnc3)cc2C1=O)=N\OCc1ccccc1. The van der Waals surface area contributed by atoms with Gasteiger partial charge in [-0.3, -0.25) is 9.78 Å². The monoisotopic (exact) mass is 375 g/mol. The number of aromatic nitrogens is 3. The molecule has 3 aromatic rings. The van der Waals surface area contributed by atoms with Gasteiger partial charge in [0.05, 0.1) is 35.4 Å². The third kappa shape index (κ3) is 3.93. The summed E-state index contributed by atoms with van der Waals surface area (Å²) in [6, 6.07) is 13.6. The Balaban J connectivity index is 1.40. The van der Waals surface area contributed by atoms with Gasteiger partial charge in [-0.2, -0.15) is 5.10 Å². The number of rotatable bonds is 6. The van der Waals surface area contributed by atoms with Crippen molar-refractivity contribution in [2.24, 2.45) is 5.16 Å². The van der Waals surface area contributed by atoms with E-state index in [1.807, 2.05) is 49.4 Å². The van der Waals surface area contributed by atoms with Crippen molar-refractivity contribution in [3.63, 3.8) is 0 Å². The number of hydrogen-bond acceptors (Lipinski definition) is 5. The van der Waals surface area contributed by atoms with E-state index in [-0.39, 0.29) is 5.91 Å². The summed E-state index contributed by atoms with van der Waals surface area (Å²) in [6.45, 7) is 3.33. The minimum Gasteiger partial charge on any atom is -0.391 e. The van der Waals surface area contributed by atoms with Crippen LogP contribution in [0, 0.1) is 0 Å². The van der Waals surface area contributed by atoms with E-state index in [1.54, 1.807) is 28.2 Å². The lowest BCUT2D eigenvalue weighted by Gasteiger charge is -2.25. The Morgan fingerprint density at radius 1 is 1.21 bits per heavy atom. The first kappa shape index (κ1) is 17.9. The van der Waals surface area contributed by atoms with E-state index in [0.29, 0.717) is 31.7 Å². The summed E-state index contributed by atoms with van der Waals surface area (Å²) in [5.41, 5.74) is 4.10. The van der Waals surface area contributed by atoms with Crippen molar-refractivity contribution in [2.75, 3.05) is 13.1 Å². The zero-order chi connectivity index (χ0) is 19.3. The molecule has 0 fully saturated rings. The molecule has 3 heterocycles. The lowest BCUT2D eigenvalue weighted by molar-refractivity contribution is 0.0759. The van der Waals surface area contributed by atoms with Crippen LogP contribution in [0.1, 0.15) is 28.5 Å². The van der Waals surface area contributed by atoms with Crippen molar-refractivity contribution in [3.05, 3.63) is 77.9 Å². The van der Waals surface area contributed by atoms with Crippen molar-refractivity contribution in [1.82, 2.24) is 19.7 Å². The van der Waals surface area contributed by atoms with Crippen LogP contribution in [0.2, 0.25) is 0 Å². The number of pyridine rings is 1. The Morgan fingerprint density at radius 2 is 2.07 bits per heavy atom. The average Bonchev–Trinajstić information content (AvgIpc) is 3.17. The van der Waals surface area contributed by atoms with Gasteiger partial charge in [-0.25, -0.2) is 4.68 Å². The van der Waals surface area contributed by atoms with E-state index in [2.05, 4.69) is 15.2 Å². The molecule has 28 heavy (non-hydrogen) atoms. The largest absolute Gasteiger partial charge is 0.391 e. The molecule has 0 saturated carbocycles. The molecule has 4 rings (SSSR count). The summed E-state index contributed by atoms with van der Waals surface area (Å²) in [5, 5.41) is 8.69. The number of carbonyl (C=O) groups excluding carboxylic acids is 1. The molecule has 0 aliphatic carbocycles. The van der Waals surface area contributed by atoms with Crippen LogP contribution < -0.4 is 0 Å². The van der Waals surface area contributed by atoms with Crippen LogP contribution in [0.5, 0.6) is 0 Å². The summed E-state index contributed by atoms with van der Waals surface area (Å²) in [6.07, 6.45) is 5.93. The highest BCUT2D eigenvalue weighted by Gasteiger charge is 2.28. The molecule has 0 unspecified atom stereocenters. The molecule has 1 aromatic carbocycles. The van der Waals surface area contributed by atoms with Crippen LogP contribution in [0.15, 0.2) is 66.2 Å². The molecule has 7 heteroatoms. The van der Waals surface area contributed by atoms with Gasteiger partial charge >= 0.3 is 0 Å². The zero-order valence-electron chi connectivity index (χ0n) is 15.7. The molecule has 0 radical (unpaired) electrons. The number of benzene rings is 1. The zero-order valence-corrected chi connectivity index (χ0v) is 15.7. The van der Waals surface area contributed by atoms with E-state index < -0.39 is 0 Å². The van der Waals surface area contributed by atoms with Crippen LogP contribution in [-0.2, 0) is 17.9 Å². The molecule has 142 valence electrons. The van der Waals surface area contributed by atoms with Gasteiger partial charge in [0.15, 0.2) is 0 Å². The average molecular weight is 375 g/mol. The summed E-state index contributed by atoms with van der Waals surface area (Å²) >= 11 is 0. The molecule has 1 aliphatic heterocycles. The van der Waals surface area contributed by atoms with Gasteiger partial charge in [0.1, 0.15) is 6.61 Å². The molecule has 7 nitrogen and oxygen atoms in total. The van der Waals surface area contributed by atoms with E-state index in [1.165, 1.54) is 0 Å². The number of carbonyl (C=O) groups is 1.